The summed E-state index contributed by atoms with van der Waals surface area (Å²) in [4.78, 5) is 24.9. The highest BCUT2D eigenvalue weighted by atomic mass is 32.2. The molecule has 1 aliphatic rings. The lowest BCUT2D eigenvalue weighted by Crippen LogP contribution is -2.52. The van der Waals surface area contributed by atoms with Crippen molar-refractivity contribution in [3.05, 3.63) is 35.9 Å². The molecule has 0 spiro atoms. The van der Waals surface area contributed by atoms with E-state index in [2.05, 4.69) is 5.32 Å². The van der Waals surface area contributed by atoms with Gasteiger partial charge < -0.3 is 15.3 Å². The molecule has 1 aliphatic heterocycles. The molecule has 1 unspecified atom stereocenters. The SMILES string of the molecule is O=C(O)NC(Cc1ccccc1)C(=O)N1CCS(=O)CC1. The zero-order chi connectivity index (χ0) is 15.2. The first kappa shape index (κ1) is 15.5. The molecular formula is C14H18N2O4S. The van der Waals surface area contributed by atoms with Crippen molar-refractivity contribution >= 4 is 22.8 Å². The van der Waals surface area contributed by atoms with Crippen molar-refractivity contribution in [3.63, 3.8) is 0 Å². The molecule has 1 aromatic rings. The predicted molar refractivity (Wildman–Crippen MR) is 79.6 cm³/mol. The van der Waals surface area contributed by atoms with E-state index in [1.54, 1.807) is 4.90 Å². The number of amides is 2. The van der Waals surface area contributed by atoms with Gasteiger partial charge in [-0.15, -0.1) is 0 Å². The third-order valence-corrected chi connectivity index (χ3v) is 4.64. The maximum atomic E-state index is 12.4. The van der Waals surface area contributed by atoms with Gasteiger partial charge >= 0.3 is 6.09 Å². The van der Waals surface area contributed by atoms with E-state index in [1.807, 2.05) is 30.3 Å². The van der Waals surface area contributed by atoms with Crippen LogP contribution >= 0.6 is 0 Å². The van der Waals surface area contributed by atoms with E-state index in [0.29, 0.717) is 31.0 Å². The summed E-state index contributed by atoms with van der Waals surface area (Å²) in [6, 6.07) is 8.47. The molecular weight excluding hydrogens is 292 g/mol. The summed E-state index contributed by atoms with van der Waals surface area (Å²) in [5.41, 5.74) is 0.894. The minimum Gasteiger partial charge on any atom is -0.465 e. The molecule has 0 aromatic heterocycles. The fourth-order valence-electron chi connectivity index (χ4n) is 2.28. The van der Waals surface area contributed by atoms with Gasteiger partial charge in [-0.2, -0.15) is 0 Å². The molecule has 7 heteroatoms. The lowest BCUT2D eigenvalue weighted by molar-refractivity contribution is -0.132. The van der Waals surface area contributed by atoms with Gasteiger partial charge in [0.25, 0.3) is 0 Å². The van der Waals surface area contributed by atoms with Gasteiger partial charge in [0.1, 0.15) is 6.04 Å². The topological polar surface area (TPSA) is 86.7 Å². The van der Waals surface area contributed by atoms with Crippen LogP contribution < -0.4 is 5.32 Å². The Morgan fingerprint density at radius 3 is 2.43 bits per heavy atom. The molecule has 0 aliphatic carbocycles. The zero-order valence-electron chi connectivity index (χ0n) is 11.5. The average Bonchev–Trinajstić information content (AvgIpc) is 2.47. The molecule has 1 atom stereocenters. The number of benzene rings is 1. The Hall–Kier alpha value is -1.89. The van der Waals surface area contributed by atoms with Gasteiger partial charge in [0.2, 0.25) is 5.91 Å². The van der Waals surface area contributed by atoms with Gasteiger partial charge in [-0.25, -0.2) is 4.79 Å². The largest absolute Gasteiger partial charge is 0.465 e. The molecule has 21 heavy (non-hydrogen) atoms. The highest BCUT2D eigenvalue weighted by molar-refractivity contribution is 7.85. The molecule has 0 saturated carbocycles. The Morgan fingerprint density at radius 2 is 1.86 bits per heavy atom. The van der Waals surface area contributed by atoms with E-state index in [9.17, 15) is 13.8 Å². The molecule has 0 bridgehead atoms. The summed E-state index contributed by atoms with van der Waals surface area (Å²) in [6.07, 6.45) is -0.907. The van der Waals surface area contributed by atoms with Crippen molar-refractivity contribution in [3.8, 4) is 0 Å². The van der Waals surface area contributed by atoms with Gasteiger partial charge in [-0.1, -0.05) is 30.3 Å². The van der Waals surface area contributed by atoms with Crippen LogP contribution in [0, 0.1) is 0 Å². The van der Waals surface area contributed by atoms with Crippen molar-refractivity contribution in [2.75, 3.05) is 24.6 Å². The van der Waals surface area contributed by atoms with Crippen LogP contribution in [0.25, 0.3) is 0 Å². The molecule has 2 amide bonds. The second kappa shape index (κ2) is 7.21. The number of carbonyl (C=O) groups excluding carboxylic acids is 1. The lowest BCUT2D eigenvalue weighted by Gasteiger charge is -2.30. The van der Waals surface area contributed by atoms with Gasteiger partial charge in [0.05, 0.1) is 0 Å². The van der Waals surface area contributed by atoms with Crippen LogP contribution in [0.4, 0.5) is 4.79 Å². The van der Waals surface area contributed by atoms with Crippen molar-refractivity contribution in [2.45, 2.75) is 12.5 Å². The van der Waals surface area contributed by atoms with E-state index in [0.717, 1.165) is 5.56 Å². The highest BCUT2D eigenvalue weighted by Crippen LogP contribution is 2.08. The molecule has 2 N–H and O–H groups in total. The second-order valence-corrected chi connectivity index (χ2v) is 6.56. The Labute approximate surface area is 125 Å². The van der Waals surface area contributed by atoms with Crippen LogP contribution in [-0.2, 0) is 22.0 Å². The zero-order valence-corrected chi connectivity index (χ0v) is 12.3. The van der Waals surface area contributed by atoms with Crippen molar-refractivity contribution in [1.82, 2.24) is 10.2 Å². The Balaban J connectivity index is 2.06. The summed E-state index contributed by atoms with van der Waals surface area (Å²) in [5.74, 6) is 0.659. The number of hydrogen-bond acceptors (Lipinski definition) is 3. The monoisotopic (exact) mass is 310 g/mol. The quantitative estimate of drug-likeness (QED) is 0.846. The van der Waals surface area contributed by atoms with Gasteiger partial charge in [-0.3, -0.25) is 9.00 Å². The van der Waals surface area contributed by atoms with E-state index in [1.165, 1.54) is 0 Å². The number of carboxylic acid groups (broad SMARTS) is 1. The minimum atomic E-state index is -1.22. The molecule has 0 radical (unpaired) electrons. The molecule has 2 rings (SSSR count). The van der Waals surface area contributed by atoms with E-state index < -0.39 is 22.9 Å². The molecule has 114 valence electrons. The number of carbonyl (C=O) groups is 2. The Morgan fingerprint density at radius 1 is 1.24 bits per heavy atom. The van der Waals surface area contributed by atoms with Crippen LogP contribution in [0.3, 0.4) is 0 Å². The fourth-order valence-corrected chi connectivity index (χ4v) is 3.33. The average molecular weight is 310 g/mol. The van der Waals surface area contributed by atoms with Crippen LogP contribution in [0.2, 0.25) is 0 Å². The summed E-state index contributed by atoms with van der Waals surface area (Å²) in [7, 11) is -0.870. The van der Waals surface area contributed by atoms with E-state index >= 15 is 0 Å². The first-order valence-corrected chi connectivity index (χ1v) is 8.22. The number of nitrogens with one attached hydrogen (secondary N) is 1. The minimum absolute atomic E-state index is 0.252. The third kappa shape index (κ3) is 4.56. The standard InChI is InChI=1S/C14H18N2O4S/c17-13(16-6-8-21(20)9-7-16)12(15-14(18)19)10-11-4-2-1-3-5-11/h1-5,12,15H,6-10H2,(H,18,19). The number of hydrogen-bond donors (Lipinski definition) is 2. The summed E-state index contributed by atoms with van der Waals surface area (Å²) in [6.45, 7) is 0.829. The summed E-state index contributed by atoms with van der Waals surface area (Å²) in [5, 5.41) is 11.2. The first-order chi connectivity index (χ1) is 10.1. The fraction of sp³-hybridized carbons (Fsp3) is 0.429. The normalized spacial score (nSPS) is 17.2. The number of rotatable bonds is 4. The van der Waals surface area contributed by atoms with Crippen LogP contribution in [0.15, 0.2) is 30.3 Å². The van der Waals surface area contributed by atoms with Gasteiger partial charge in [0, 0.05) is 41.8 Å². The van der Waals surface area contributed by atoms with E-state index in [4.69, 9.17) is 5.11 Å². The Kier molecular flexibility index (Phi) is 5.32. The molecule has 1 aromatic carbocycles. The van der Waals surface area contributed by atoms with Gasteiger partial charge in [0.15, 0.2) is 0 Å². The lowest BCUT2D eigenvalue weighted by atomic mass is 10.0. The van der Waals surface area contributed by atoms with Gasteiger partial charge in [-0.05, 0) is 5.56 Å². The third-order valence-electron chi connectivity index (χ3n) is 3.37. The van der Waals surface area contributed by atoms with E-state index in [-0.39, 0.29) is 5.91 Å². The van der Waals surface area contributed by atoms with Crippen LogP contribution in [0.5, 0.6) is 0 Å². The summed E-state index contributed by atoms with van der Waals surface area (Å²) >= 11 is 0. The first-order valence-electron chi connectivity index (χ1n) is 6.73. The smallest absolute Gasteiger partial charge is 0.405 e. The molecule has 1 fully saturated rings. The second-order valence-electron chi connectivity index (χ2n) is 4.87. The van der Waals surface area contributed by atoms with Crippen molar-refractivity contribution in [1.29, 1.82) is 0 Å². The molecule has 1 saturated heterocycles. The highest BCUT2D eigenvalue weighted by Gasteiger charge is 2.28. The number of nitrogens with zero attached hydrogens (tertiary/aromatic N) is 1. The molecule has 1 heterocycles. The van der Waals surface area contributed by atoms with Crippen LogP contribution in [-0.4, -0.2) is 56.9 Å². The van der Waals surface area contributed by atoms with Crippen molar-refractivity contribution < 1.29 is 18.9 Å². The predicted octanol–water partition coefficient (Wildman–Crippen LogP) is 0.456. The maximum absolute atomic E-state index is 12.4. The summed E-state index contributed by atoms with van der Waals surface area (Å²) < 4.78 is 11.3. The van der Waals surface area contributed by atoms with Crippen molar-refractivity contribution in [2.24, 2.45) is 0 Å². The Bertz CT molecular complexity index is 525. The molecule has 6 nitrogen and oxygen atoms in total. The van der Waals surface area contributed by atoms with Crippen LogP contribution in [0.1, 0.15) is 5.56 Å². The maximum Gasteiger partial charge on any atom is 0.405 e.